The summed E-state index contributed by atoms with van der Waals surface area (Å²) in [5, 5.41) is 2.55. The van der Waals surface area contributed by atoms with Gasteiger partial charge in [0.1, 0.15) is 11.3 Å². The molecular formula is C18H20N2O7. The smallest absolute Gasteiger partial charge is 0.339 e. The highest BCUT2D eigenvalue weighted by molar-refractivity contribution is 5.96. The fraction of sp³-hybridized carbons (Fsp3) is 0.333. The molecule has 144 valence electrons. The molecule has 0 spiro atoms. The summed E-state index contributed by atoms with van der Waals surface area (Å²) in [5.41, 5.74) is 5.70. The highest BCUT2D eigenvalue weighted by Gasteiger charge is 2.20. The van der Waals surface area contributed by atoms with E-state index in [0.29, 0.717) is 22.5 Å². The van der Waals surface area contributed by atoms with Gasteiger partial charge in [-0.05, 0) is 38.0 Å². The van der Waals surface area contributed by atoms with Crippen LogP contribution in [0.4, 0.5) is 4.79 Å². The van der Waals surface area contributed by atoms with Crippen LogP contribution in [0.2, 0.25) is 0 Å². The van der Waals surface area contributed by atoms with Crippen LogP contribution in [0.1, 0.15) is 24.5 Å². The lowest BCUT2D eigenvalue weighted by atomic mass is 10.0. The van der Waals surface area contributed by atoms with Crippen LogP contribution in [0.25, 0.3) is 11.0 Å². The molecule has 0 aliphatic heterocycles. The fourth-order valence-electron chi connectivity index (χ4n) is 2.55. The number of primary amides is 1. The van der Waals surface area contributed by atoms with Gasteiger partial charge >= 0.3 is 17.6 Å². The normalized spacial score (nSPS) is 11.7. The van der Waals surface area contributed by atoms with Crippen LogP contribution in [0.3, 0.4) is 0 Å². The van der Waals surface area contributed by atoms with Gasteiger partial charge in [-0.15, -0.1) is 0 Å². The number of aryl methyl sites for hydroxylation is 1. The maximum atomic E-state index is 12.2. The molecule has 0 radical (unpaired) electrons. The number of methoxy groups -OCH3 is 1. The molecule has 2 rings (SSSR count). The van der Waals surface area contributed by atoms with E-state index in [4.69, 9.17) is 19.6 Å². The predicted molar refractivity (Wildman–Crippen MR) is 95.4 cm³/mol. The van der Waals surface area contributed by atoms with Crippen molar-refractivity contribution in [2.45, 2.75) is 32.8 Å². The summed E-state index contributed by atoms with van der Waals surface area (Å²) in [4.78, 5) is 46.3. The van der Waals surface area contributed by atoms with E-state index in [-0.39, 0.29) is 12.8 Å². The number of hydrogen-bond donors (Lipinski definition) is 2. The van der Waals surface area contributed by atoms with Crippen LogP contribution in [0, 0.1) is 6.92 Å². The summed E-state index contributed by atoms with van der Waals surface area (Å²) < 4.78 is 15.3. The molecule has 3 N–H and O–H groups in total. The second-order valence-corrected chi connectivity index (χ2v) is 5.84. The Labute approximate surface area is 154 Å². The van der Waals surface area contributed by atoms with Gasteiger partial charge in [0.25, 0.3) is 5.91 Å². The molecule has 0 bridgehead atoms. The Balaban J connectivity index is 2.10. The number of hydrogen-bond acceptors (Lipinski definition) is 7. The molecule has 0 aliphatic rings. The van der Waals surface area contributed by atoms with Gasteiger partial charge in [0.15, 0.2) is 6.10 Å². The van der Waals surface area contributed by atoms with Gasteiger partial charge in [0, 0.05) is 23.4 Å². The van der Waals surface area contributed by atoms with Crippen LogP contribution >= 0.6 is 0 Å². The maximum Gasteiger partial charge on any atom is 0.339 e. The number of amides is 3. The van der Waals surface area contributed by atoms with Crippen LogP contribution in [0.5, 0.6) is 5.75 Å². The largest absolute Gasteiger partial charge is 0.497 e. The number of esters is 1. The number of ether oxygens (including phenoxy) is 2. The molecule has 3 amide bonds. The number of nitrogens with two attached hydrogens (primary N) is 1. The zero-order valence-corrected chi connectivity index (χ0v) is 15.2. The molecular weight excluding hydrogens is 356 g/mol. The Morgan fingerprint density at radius 2 is 2.00 bits per heavy atom. The zero-order valence-electron chi connectivity index (χ0n) is 15.2. The number of nitrogens with one attached hydrogen (secondary N) is 1. The number of imide groups is 1. The van der Waals surface area contributed by atoms with E-state index >= 15 is 0 Å². The van der Waals surface area contributed by atoms with E-state index in [9.17, 15) is 19.2 Å². The summed E-state index contributed by atoms with van der Waals surface area (Å²) in [5.74, 6) is -0.966. The topological polar surface area (TPSA) is 138 Å². The Bertz CT molecular complexity index is 949. The number of rotatable bonds is 6. The summed E-state index contributed by atoms with van der Waals surface area (Å²) in [6, 6.07) is 4.08. The van der Waals surface area contributed by atoms with Crippen molar-refractivity contribution in [1.82, 2.24) is 5.32 Å². The number of urea groups is 1. The lowest BCUT2D eigenvalue weighted by Gasteiger charge is -2.12. The van der Waals surface area contributed by atoms with Gasteiger partial charge in [-0.2, -0.15) is 0 Å². The fourth-order valence-corrected chi connectivity index (χ4v) is 2.55. The highest BCUT2D eigenvalue weighted by atomic mass is 16.5. The van der Waals surface area contributed by atoms with E-state index in [2.05, 4.69) is 0 Å². The van der Waals surface area contributed by atoms with Crippen molar-refractivity contribution < 1.29 is 28.3 Å². The van der Waals surface area contributed by atoms with Crippen LogP contribution in [-0.4, -0.2) is 31.1 Å². The first kappa shape index (κ1) is 20.0. The van der Waals surface area contributed by atoms with Crippen molar-refractivity contribution in [3.05, 3.63) is 39.7 Å². The molecule has 0 aliphatic carbocycles. The highest BCUT2D eigenvalue weighted by Crippen LogP contribution is 2.24. The van der Waals surface area contributed by atoms with E-state index in [0.717, 1.165) is 5.39 Å². The number of carbonyl (C=O) groups is 3. The predicted octanol–water partition coefficient (Wildman–Crippen LogP) is 1.17. The quantitative estimate of drug-likeness (QED) is 0.570. The lowest BCUT2D eigenvalue weighted by molar-refractivity contribution is -0.154. The van der Waals surface area contributed by atoms with Gasteiger partial charge in [-0.1, -0.05) is 0 Å². The molecule has 2 aromatic rings. The summed E-state index contributed by atoms with van der Waals surface area (Å²) >= 11 is 0. The molecule has 0 fully saturated rings. The lowest BCUT2D eigenvalue weighted by Crippen LogP contribution is -2.42. The average molecular weight is 376 g/mol. The molecule has 0 saturated carbocycles. The second kappa shape index (κ2) is 8.35. The van der Waals surface area contributed by atoms with Crippen molar-refractivity contribution in [3.63, 3.8) is 0 Å². The zero-order chi connectivity index (χ0) is 20.1. The summed E-state index contributed by atoms with van der Waals surface area (Å²) in [6.07, 6.45) is -1.24. The third kappa shape index (κ3) is 4.84. The Morgan fingerprint density at radius 1 is 1.30 bits per heavy atom. The van der Waals surface area contributed by atoms with Gasteiger partial charge in [0.2, 0.25) is 0 Å². The van der Waals surface area contributed by atoms with Crippen molar-refractivity contribution in [2.75, 3.05) is 7.11 Å². The molecule has 1 unspecified atom stereocenters. The molecule has 27 heavy (non-hydrogen) atoms. The molecule has 0 saturated heterocycles. The Morgan fingerprint density at radius 3 is 2.63 bits per heavy atom. The first-order chi connectivity index (χ1) is 12.7. The molecule has 1 aromatic heterocycles. The summed E-state index contributed by atoms with van der Waals surface area (Å²) in [7, 11) is 1.51. The average Bonchev–Trinajstić information content (AvgIpc) is 2.60. The maximum absolute atomic E-state index is 12.2. The number of carbonyl (C=O) groups excluding carboxylic acids is 3. The Kier molecular flexibility index (Phi) is 6.17. The minimum Gasteiger partial charge on any atom is -0.497 e. The molecule has 1 heterocycles. The standard InChI is InChI=1S/C18H20N2O7/c1-9-12-5-4-11(25-3)8-14(12)27-17(23)13(9)6-7-15(21)26-10(2)16(22)20-18(19)24/h4-5,8,10H,6-7H2,1-3H3,(H3,19,20,22,24). The first-order valence-corrected chi connectivity index (χ1v) is 8.13. The molecule has 1 atom stereocenters. The van der Waals surface area contributed by atoms with E-state index in [1.807, 2.05) is 5.32 Å². The number of benzene rings is 1. The van der Waals surface area contributed by atoms with Crippen molar-refractivity contribution in [3.8, 4) is 5.75 Å². The van der Waals surface area contributed by atoms with E-state index < -0.39 is 29.6 Å². The van der Waals surface area contributed by atoms with Gasteiger partial charge in [-0.25, -0.2) is 9.59 Å². The van der Waals surface area contributed by atoms with Crippen LogP contribution in [-0.2, 0) is 20.7 Å². The molecule has 9 nitrogen and oxygen atoms in total. The first-order valence-electron chi connectivity index (χ1n) is 8.13. The SMILES string of the molecule is COc1ccc2c(C)c(CCC(=O)OC(C)C(=O)NC(N)=O)c(=O)oc2c1. The molecule has 1 aromatic carbocycles. The third-order valence-corrected chi connectivity index (χ3v) is 4.00. The van der Waals surface area contributed by atoms with Crippen molar-refractivity contribution in [1.29, 1.82) is 0 Å². The molecule has 9 heteroatoms. The van der Waals surface area contributed by atoms with E-state index in [1.54, 1.807) is 25.1 Å². The minimum absolute atomic E-state index is 0.0825. The third-order valence-electron chi connectivity index (χ3n) is 4.00. The van der Waals surface area contributed by atoms with E-state index in [1.165, 1.54) is 14.0 Å². The number of fused-ring (bicyclic) bond motifs is 1. The van der Waals surface area contributed by atoms with Crippen molar-refractivity contribution >= 4 is 28.9 Å². The van der Waals surface area contributed by atoms with Gasteiger partial charge in [0.05, 0.1) is 7.11 Å². The van der Waals surface area contributed by atoms with Crippen LogP contribution in [0.15, 0.2) is 27.4 Å². The monoisotopic (exact) mass is 376 g/mol. The van der Waals surface area contributed by atoms with Crippen LogP contribution < -0.4 is 21.4 Å². The minimum atomic E-state index is -1.19. The summed E-state index contributed by atoms with van der Waals surface area (Å²) in [6.45, 7) is 3.06. The Hall–Kier alpha value is -3.36. The van der Waals surface area contributed by atoms with Gasteiger partial charge in [-0.3, -0.25) is 14.9 Å². The van der Waals surface area contributed by atoms with Gasteiger partial charge < -0.3 is 19.6 Å². The van der Waals surface area contributed by atoms with Crippen molar-refractivity contribution in [2.24, 2.45) is 5.73 Å². The second-order valence-electron chi connectivity index (χ2n) is 5.84.